The standard InChI is InChI=1S/C13H20N8/c1-9-7-20(8-10(2)19(9)3)12-16-11(14)17-13(18-12)21-6-4-5-15-21/h4-6,9-10H,7-8H2,1-3H3,(H2,14,16,17,18). The largest absolute Gasteiger partial charge is 0.368 e. The molecule has 1 aliphatic heterocycles. The third-order valence-corrected chi connectivity index (χ3v) is 3.98. The van der Waals surface area contributed by atoms with E-state index in [4.69, 9.17) is 5.73 Å². The molecule has 1 saturated heterocycles. The molecule has 0 bridgehead atoms. The van der Waals surface area contributed by atoms with Crippen LogP contribution in [0.2, 0.25) is 0 Å². The molecular weight excluding hydrogens is 268 g/mol. The minimum Gasteiger partial charge on any atom is -0.368 e. The third-order valence-electron chi connectivity index (χ3n) is 3.98. The van der Waals surface area contributed by atoms with E-state index in [1.165, 1.54) is 0 Å². The molecule has 1 aliphatic rings. The van der Waals surface area contributed by atoms with E-state index in [2.05, 4.69) is 50.7 Å². The van der Waals surface area contributed by atoms with E-state index in [1.807, 2.05) is 6.07 Å². The van der Waals surface area contributed by atoms with Crippen molar-refractivity contribution in [1.29, 1.82) is 0 Å². The van der Waals surface area contributed by atoms with Crippen LogP contribution >= 0.6 is 0 Å². The molecule has 21 heavy (non-hydrogen) atoms. The number of aromatic nitrogens is 5. The minimum absolute atomic E-state index is 0.213. The first-order valence-corrected chi connectivity index (χ1v) is 7.03. The first-order chi connectivity index (χ1) is 10.0. The molecule has 2 aromatic rings. The first kappa shape index (κ1) is 13.7. The van der Waals surface area contributed by atoms with Gasteiger partial charge in [-0.3, -0.25) is 4.90 Å². The van der Waals surface area contributed by atoms with Gasteiger partial charge in [-0.15, -0.1) is 0 Å². The Morgan fingerprint density at radius 1 is 1.10 bits per heavy atom. The molecule has 3 heterocycles. The summed E-state index contributed by atoms with van der Waals surface area (Å²) in [5, 5.41) is 4.14. The van der Waals surface area contributed by atoms with Crippen molar-refractivity contribution in [3.05, 3.63) is 18.5 Å². The van der Waals surface area contributed by atoms with Gasteiger partial charge in [0.05, 0.1) is 0 Å². The molecule has 0 radical (unpaired) electrons. The molecule has 3 rings (SSSR count). The first-order valence-electron chi connectivity index (χ1n) is 7.03. The van der Waals surface area contributed by atoms with Gasteiger partial charge in [0.1, 0.15) is 0 Å². The molecule has 1 fully saturated rings. The maximum absolute atomic E-state index is 5.83. The lowest BCUT2D eigenvalue weighted by Gasteiger charge is -2.42. The average molecular weight is 288 g/mol. The molecule has 2 aromatic heterocycles. The maximum Gasteiger partial charge on any atom is 0.257 e. The second-order valence-electron chi connectivity index (χ2n) is 5.51. The highest BCUT2D eigenvalue weighted by atomic mass is 15.4. The number of piperazine rings is 1. The van der Waals surface area contributed by atoms with Gasteiger partial charge in [-0.1, -0.05) is 0 Å². The summed E-state index contributed by atoms with van der Waals surface area (Å²) >= 11 is 0. The van der Waals surface area contributed by atoms with E-state index in [9.17, 15) is 0 Å². The van der Waals surface area contributed by atoms with Crippen LogP contribution in [0.5, 0.6) is 0 Å². The number of nitrogen functional groups attached to an aromatic ring is 1. The normalized spacial score (nSPS) is 23.5. The zero-order valence-corrected chi connectivity index (χ0v) is 12.5. The van der Waals surface area contributed by atoms with E-state index in [1.54, 1.807) is 17.1 Å². The van der Waals surface area contributed by atoms with Crippen molar-refractivity contribution < 1.29 is 0 Å². The summed E-state index contributed by atoms with van der Waals surface area (Å²) in [5.41, 5.74) is 5.83. The molecule has 8 heteroatoms. The summed E-state index contributed by atoms with van der Waals surface area (Å²) in [5.74, 6) is 1.27. The highest BCUT2D eigenvalue weighted by Gasteiger charge is 2.28. The molecule has 0 aromatic carbocycles. The highest BCUT2D eigenvalue weighted by molar-refractivity contribution is 5.38. The van der Waals surface area contributed by atoms with Gasteiger partial charge in [0.15, 0.2) is 0 Å². The zero-order chi connectivity index (χ0) is 15.0. The molecule has 8 nitrogen and oxygen atoms in total. The molecule has 0 aliphatic carbocycles. The zero-order valence-electron chi connectivity index (χ0n) is 12.5. The monoisotopic (exact) mass is 288 g/mol. The van der Waals surface area contributed by atoms with Crippen LogP contribution in [0.25, 0.3) is 5.95 Å². The number of likely N-dealkylation sites (N-methyl/N-ethyl adjacent to an activating group) is 1. The second kappa shape index (κ2) is 5.28. The second-order valence-corrected chi connectivity index (χ2v) is 5.51. The van der Waals surface area contributed by atoms with E-state index in [0.29, 0.717) is 24.0 Å². The van der Waals surface area contributed by atoms with Crippen LogP contribution in [0.3, 0.4) is 0 Å². The van der Waals surface area contributed by atoms with Crippen molar-refractivity contribution in [2.45, 2.75) is 25.9 Å². The van der Waals surface area contributed by atoms with Crippen molar-refractivity contribution in [3.63, 3.8) is 0 Å². The third kappa shape index (κ3) is 2.66. The molecule has 2 atom stereocenters. The predicted molar refractivity (Wildman–Crippen MR) is 80.3 cm³/mol. The topological polar surface area (TPSA) is 89.0 Å². The number of hydrogen-bond acceptors (Lipinski definition) is 7. The summed E-state index contributed by atoms with van der Waals surface area (Å²) in [4.78, 5) is 17.4. The van der Waals surface area contributed by atoms with Crippen molar-refractivity contribution >= 4 is 11.9 Å². The van der Waals surface area contributed by atoms with Gasteiger partial charge in [0.2, 0.25) is 11.9 Å². The molecule has 0 spiro atoms. The Morgan fingerprint density at radius 2 is 1.76 bits per heavy atom. The summed E-state index contributed by atoms with van der Waals surface area (Å²) in [7, 11) is 2.14. The highest BCUT2D eigenvalue weighted by Crippen LogP contribution is 2.19. The van der Waals surface area contributed by atoms with Gasteiger partial charge in [0, 0.05) is 37.6 Å². The Labute approximate surface area is 123 Å². The van der Waals surface area contributed by atoms with Crippen LogP contribution in [0.15, 0.2) is 18.5 Å². The van der Waals surface area contributed by atoms with E-state index in [0.717, 1.165) is 13.1 Å². The van der Waals surface area contributed by atoms with Crippen LogP contribution in [0, 0.1) is 0 Å². The number of anilines is 2. The van der Waals surface area contributed by atoms with Crippen molar-refractivity contribution in [2.75, 3.05) is 30.8 Å². The van der Waals surface area contributed by atoms with Gasteiger partial charge in [0.25, 0.3) is 5.95 Å². The summed E-state index contributed by atoms with van der Waals surface area (Å²) < 4.78 is 1.59. The lowest BCUT2D eigenvalue weighted by molar-refractivity contribution is 0.169. The fraction of sp³-hybridized carbons (Fsp3) is 0.538. The fourth-order valence-electron chi connectivity index (χ4n) is 2.57. The number of hydrogen-bond donors (Lipinski definition) is 1. The van der Waals surface area contributed by atoms with Crippen LogP contribution in [0.4, 0.5) is 11.9 Å². The van der Waals surface area contributed by atoms with Crippen LogP contribution in [-0.2, 0) is 0 Å². The summed E-state index contributed by atoms with van der Waals surface area (Å²) in [6.07, 6.45) is 3.47. The smallest absolute Gasteiger partial charge is 0.257 e. The van der Waals surface area contributed by atoms with Crippen LogP contribution < -0.4 is 10.6 Å². The summed E-state index contributed by atoms with van der Waals surface area (Å²) in [6, 6.07) is 2.68. The van der Waals surface area contributed by atoms with Gasteiger partial charge in [-0.2, -0.15) is 20.1 Å². The quantitative estimate of drug-likeness (QED) is 0.842. The van der Waals surface area contributed by atoms with E-state index < -0.39 is 0 Å². The fourth-order valence-corrected chi connectivity index (χ4v) is 2.57. The number of nitrogens with zero attached hydrogens (tertiary/aromatic N) is 7. The lowest BCUT2D eigenvalue weighted by Crippen LogP contribution is -2.55. The molecule has 2 N–H and O–H groups in total. The number of rotatable bonds is 2. The minimum atomic E-state index is 0.213. The van der Waals surface area contributed by atoms with Crippen molar-refractivity contribution in [3.8, 4) is 5.95 Å². The molecule has 2 unspecified atom stereocenters. The molecule has 112 valence electrons. The molecule has 0 saturated carbocycles. The Hall–Kier alpha value is -2.22. The number of nitrogens with two attached hydrogens (primary N) is 1. The maximum atomic E-state index is 5.83. The Balaban J connectivity index is 1.92. The van der Waals surface area contributed by atoms with E-state index >= 15 is 0 Å². The van der Waals surface area contributed by atoms with Crippen molar-refractivity contribution in [1.82, 2.24) is 29.6 Å². The van der Waals surface area contributed by atoms with Gasteiger partial charge < -0.3 is 10.6 Å². The Morgan fingerprint density at radius 3 is 2.38 bits per heavy atom. The van der Waals surface area contributed by atoms with Gasteiger partial charge >= 0.3 is 0 Å². The summed E-state index contributed by atoms with van der Waals surface area (Å²) in [6.45, 7) is 6.12. The average Bonchev–Trinajstić information content (AvgIpc) is 2.97. The Bertz CT molecular complexity index is 599. The Kier molecular flexibility index (Phi) is 3.46. The van der Waals surface area contributed by atoms with Crippen LogP contribution in [-0.4, -0.2) is 61.9 Å². The predicted octanol–water partition coefficient (Wildman–Crippen LogP) is 0.168. The van der Waals surface area contributed by atoms with Gasteiger partial charge in [-0.05, 0) is 27.0 Å². The lowest BCUT2D eigenvalue weighted by atomic mass is 10.1. The van der Waals surface area contributed by atoms with Gasteiger partial charge in [-0.25, -0.2) is 4.68 Å². The SMILES string of the molecule is CC1CN(c2nc(N)nc(-n3cccn3)n2)CC(C)N1C. The molecular formula is C13H20N8. The van der Waals surface area contributed by atoms with Crippen LogP contribution in [0.1, 0.15) is 13.8 Å². The molecule has 0 amide bonds. The van der Waals surface area contributed by atoms with Crippen molar-refractivity contribution in [2.24, 2.45) is 0 Å². The van der Waals surface area contributed by atoms with E-state index in [-0.39, 0.29) is 5.95 Å².